The molecule has 2 aliphatic rings. The molecular formula is C37H28O2. The fourth-order valence-electron chi connectivity index (χ4n) is 7.20. The summed E-state index contributed by atoms with van der Waals surface area (Å²) in [6, 6.07) is 34.9. The highest BCUT2D eigenvalue weighted by Gasteiger charge is 2.43. The highest BCUT2D eigenvalue weighted by atomic mass is 16.3. The van der Waals surface area contributed by atoms with Crippen LogP contribution in [0.5, 0.6) is 0 Å². The van der Waals surface area contributed by atoms with Crippen LogP contribution in [0.3, 0.4) is 0 Å². The van der Waals surface area contributed by atoms with Crippen molar-refractivity contribution < 1.29 is 8.83 Å². The normalized spacial score (nSPS) is 15.0. The predicted molar refractivity (Wildman–Crippen MR) is 160 cm³/mol. The van der Waals surface area contributed by atoms with Gasteiger partial charge in [0.05, 0.1) is 12.5 Å². The second kappa shape index (κ2) is 8.22. The van der Waals surface area contributed by atoms with Crippen molar-refractivity contribution in [3.63, 3.8) is 0 Å². The van der Waals surface area contributed by atoms with Gasteiger partial charge >= 0.3 is 0 Å². The first kappa shape index (κ1) is 22.4. The van der Waals surface area contributed by atoms with E-state index in [-0.39, 0.29) is 5.41 Å². The number of benzene rings is 4. The maximum absolute atomic E-state index is 6.10. The highest BCUT2D eigenvalue weighted by molar-refractivity contribution is 6.15. The van der Waals surface area contributed by atoms with Crippen LogP contribution < -0.4 is 0 Å². The van der Waals surface area contributed by atoms with Crippen molar-refractivity contribution in [1.29, 1.82) is 0 Å². The van der Waals surface area contributed by atoms with Crippen LogP contribution in [0.2, 0.25) is 0 Å². The molecular weight excluding hydrogens is 476 g/mol. The molecule has 8 rings (SSSR count). The van der Waals surface area contributed by atoms with Crippen molar-refractivity contribution >= 4 is 43.8 Å². The molecule has 0 aliphatic heterocycles. The Morgan fingerprint density at radius 2 is 0.974 bits per heavy atom. The zero-order valence-electron chi connectivity index (χ0n) is 22.1. The Morgan fingerprint density at radius 3 is 1.41 bits per heavy atom. The van der Waals surface area contributed by atoms with Crippen LogP contribution in [-0.4, -0.2) is 0 Å². The zero-order chi connectivity index (χ0) is 26.1. The van der Waals surface area contributed by atoms with E-state index in [0.717, 1.165) is 24.4 Å². The van der Waals surface area contributed by atoms with Crippen molar-refractivity contribution in [2.75, 3.05) is 0 Å². The SMILES string of the molecule is CC(C)(C1=C(c2ccco2)Cc2ccc3ccccc3c21)C1=C(c2ccco2)Cc2ccc3ccccc3c21. The lowest BCUT2D eigenvalue weighted by atomic mass is 9.69. The number of furan rings is 2. The molecule has 0 saturated heterocycles. The fraction of sp³-hybridized carbons (Fsp3) is 0.135. The molecule has 0 saturated carbocycles. The molecule has 2 aliphatic carbocycles. The maximum Gasteiger partial charge on any atom is 0.130 e. The largest absolute Gasteiger partial charge is 0.465 e. The molecule has 6 aromatic rings. The zero-order valence-corrected chi connectivity index (χ0v) is 22.1. The Balaban J connectivity index is 1.48. The molecule has 0 atom stereocenters. The van der Waals surface area contributed by atoms with Crippen LogP contribution in [0.25, 0.3) is 43.8 Å². The first-order valence-corrected chi connectivity index (χ1v) is 13.7. The Labute approximate surface area is 227 Å². The molecule has 0 N–H and O–H groups in total. The lowest BCUT2D eigenvalue weighted by Crippen LogP contribution is -2.17. The third kappa shape index (κ3) is 3.21. The third-order valence-corrected chi connectivity index (χ3v) is 8.76. The molecule has 0 spiro atoms. The number of hydrogen-bond acceptors (Lipinski definition) is 2. The molecule has 0 radical (unpaired) electrons. The third-order valence-electron chi connectivity index (χ3n) is 8.76. The van der Waals surface area contributed by atoms with E-state index in [4.69, 9.17) is 8.83 Å². The van der Waals surface area contributed by atoms with Gasteiger partial charge in [-0.25, -0.2) is 0 Å². The Bertz CT molecular complexity index is 1820. The standard InChI is InChI=1S/C37H28O2/c1-37(2,35-29(31-13-7-19-38-31)21-25-17-15-23-9-3-5-11-27(23)33(25)35)36-30(32-14-8-20-39-32)22-26-18-16-24-10-4-6-12-28(24)34(26)36/h3-20H,21-22H2,1-2H3. The molecule has 2 aromatic heterocycles. The van der Waals surface area contributed by atoms with Gasteiger partial charge in [0.1, 0.15) is 11.5 Å². The Kier molecular flexibility index (Phi) is 4.73. The fourth-order valence-corrected chi connectivity index (χ4v) is 7.20. The van der Waals surface area contributed by atoms with Crippen LogP contribution in [0.15, 0.2) is 118 Å². The first-order chi connectivity index (χ1) is 19.1. The van der Waals surface area contributed by atoms with E-state index in [9.17, 15) is 0 Å². The number of rotatable bonds is 4. The molecule has 2 nitrogen and oxygen atoms in total. The summed E-state index contributed by atoms with van der Waals surface area (Å²) in [6.45, 7) is 4.80. The van der Waals surface area contributed by atoms with Gasteiger partial charge in [-0.05, 0) is 79.2 Å². The van der Waals surface area contributed by atoms with E-state index in [1.54, 1.807) is 12.5 Å². The molecule has 0 fully saturated rings. The van der Waals surface area contributed by atoms with E-state index >= 15 is 0 Å². The summed E-state index contributed by atoms with van der Waals surface area (Å²) >= 11 is 0. The van der Waals surface area contributed by atoms with Gasteiger partial charge in [0.25, 0.3) is 0 Å². The van der Waals surface area contributed by atoms with E-state index in [1.165, 1.54) is 66.1 Å². The van der Waals surface area contributed by atoms with Crippen LogP contribution in [0.1, 0.15) is 47.6 Å². The number of hydrogen-bond donors (Lipinski definition) is 0. The molecule has 0 bridgehead atoms. The topological polar surface area (TPSA) is 26.3 Å². The predicted octanol–water partition coefficient (Wildman–Crippen LogP) is 9.84. The molecule has 188 valence electrons. The minimum Gasteiger partial charge on any atom is -0.465 e. The summed E-state index contributed by atoms with van der Waals surface area (Å²) in [7, 11) is 0. The second-order valence-corrected chi connectivity index (χ2v) is 11.3. The van der Waals surface area contributed by atoms with Gasteiger partial charge in [0.2, 0.25) is 0 Å². The Morgan fingerprint density at radius 1 is 0.513 bits per heavy atom. The Hall–Kier alpha value is -4.56. The van der Waals surface area contributed by atoms with Crippen molar-refractivity contribution in [2.24, 2.45) is 5.41 Å². The summed E-state index contributed by atoms with van der Waals surface area (Å²) in [5.74, 6) is 1.91. The highest BCUT2D eigenvalue weighted by Crippen LogP contribution is 2.59. The average Bonchev–Trinajstić information content (AvgIpc) is 3.77. The van der Waals surface area contributed by atoms with Crippen molar-refractivity contribution in [3.05, 3.63) is 143 Å². The monoisotopic (exact) mass is 504 g/mol. The van der Waals surface area contributed by atoms with E-state index in [1.807, 2.05) is 12.1 Å². The summed E-state index contributed by atoms with van der Waals surface area (Å²) in [5.41, 5.74) is 10.3. The minimum atomic E-state index is -0.338. The van der Waals surface area contributed by atoms with Crippen LogP contribution in [-0.2, 0) is 12.8 Å². The number of allylic oxidation sites excluding steroid dienone is 4. The van der Waals surface area contributed by atoms with Crippen LogP contribution >= 0.6 is 0 Å². The minimum absolute atomic E-state index is 0.338. The second-order valence-electron chi connectivity index (χ2n) is 11.3. The molecule has 4 aromatic carbocycles. The van der Waals surface area contributed by atoms with Gasteiger partial charge in [-0.15, -0.1) is 0 Å². The van der Waals surface area contributed by atoms with Crippen LogP contribution in [0, 0.1) is 5.41 Å². The first-order valence-electron chi connectivity index (χ1n) is 13.7. The van der Waals surface area contributed by atoms with Gasteiger partial charge in [-0.1, -0.05) is 86.6 Å². The van der Waals surface area contributed by atoms with Crippen molar-refractivity contribution in [2.45, 2.75) is 26.7 Å². The lowest BCUT2D eigenvalue weighted by Gasteiger charge is -2.33. The smallest absolute Gasteiger partial charge is 0.130 e. The molecule has 2 heteroatoms. The summed E-state index contributed by atoms with van der Waals surface area (Å²) < 4.78 is 12.2. The number of fused-ring (bicyclic) bond motifs is 6. The molecule has 0 amide bonds. The van der Waals surface area contributed by atoms with Gasteiger partial charge in [0, 0.05) is 29.4 Å². The van der Waals surface area contributed by atoms with Gasteiger partial charge < -0.3 is 8.83 Å². The quantitative estimate of drug-likeness (QED) is 0.239. The molecule has 0 unspecified atom stereocenters. The maximum atomic E-state index is 6.10. The summed E-state index contributed by atoms with van der Waals surface area (Å²) in [5, 5.41) is 5.14. The molecule has 2 heterocycles. The average molecular weight is 505 g/mol. The summed E-state index contributed by atoms with van der Waals surface area (Å²) in [6.07, 6.45) is 5.30. The summed E-state index contributed by atoms with van der Waals surface area (Å²) in [4.78, 5) is 0. The van der Waals surface area contributed by atoms with Crippen LogP contribution in [0.4, 0.5) is 0 Å². The van der Waals surface area contributed by atoms with Gasteiger partial charge in [-0.3, -0.25) is 0 Å². The van der Waals surface area contributed by atoms with Gasteiger partial charge in [-0.2, -0.15) is 0 Å². The lowest BCUT2D eigenvalue weighted by molar-refractivity contribution is 0.549. The van der Waals surface area contributed by atoms with Crippen molar-refractivity contribution in [3.8, 4) is 0 Å². The van der Waals surface area contributed by atoms with Gasteiger partial charge in [0.15, 0.2) is 0 Å². The van der Waals surface area contributed by atoms with Crippen molar-refractivity contribution in [1.82, 2.24) is 0 Å². The van der Waals surface area contributed by atoms with E-state index in [0.29, 0.717) is 0 Å². The molecule has 39 heavy (non-hydrogen) atoms. The van der Waals surface area contributed by atoms with E-state index < -0.39 is 0 Å². The van der Waals surface area contributed by atoms with E-state index in [2.05, 4.69) is 98.8 Å².